The van der Waals surface area contributed by atoms with Crippen molar-refractivity contribution in [2.75, 3.05) is 0 Å². The first-order valence-corrected chi connectivity index (χ1v) is 3.41. The molecule has 0 aromatic rings. The van der Waals surface area contributed by atoms with E-state index in [1.54, 1.807) is 0 Å². The summed E-state index contributed by atoms with van der Waals surface area (Å²) < 4.78 is 0. The predicted octanol–water partition coefficient (Wildman–Crippen LogP) is -11.9. The van der Waals surface area contributed by atoms with Crippen molar-refractivity contribution in [3.8, 4) is 0 Å². The van der Waals surface area contributed by atoms with Crippen molar-refractivity contribution < 1.29 is 115 Å². The Morgan fingerprint density at radius 2 is 1.00 bits per heavy atom. The molecular weight excluding hydrogens is 213 g/mol. The summed E-state index contributed by atoms with van der Waals surface area (Å²) in [5.41, 5.74) is 0. The SMILES string of the molecule is O[Si](O)(O)O.[K+].[Na+].[O-]B([O-])O. The molecule has 0 bridgehead atoms. The monoisotopic (exact) mass is 218 g/mol. The Bertz CT molecular complexity index is 55.2. The molecule has 7 nitrogen and oxygen atoms in total. The normalized spacial score (nSPS) is 7.91. The molecule has 0 saturated carbocycles. The van der Waals surface area contributed by atoms with Gasteiger partial charge in [0, 0.05) is 0 Å². The Balaban J connectivity index is -0.0000000383. The molecule has 0 unspecified atom stereocenters. The van der Waals surface area contributed by atoms with Crippen LogP contribution in [0.1, 0.15) is 0 Å². The molecule has 5 N–H and O–H groups in total. The maximum absolute atomic E-state index is 8.53. The maximum Gasteiger partial charge on any atom is 1.00 e. The van der Waals surface area contributed by atoms with Crippen LogP contribution in [0.25, 0.3) is 0 Å². The van der Waals surface area contributed by atoms with Gasteiger partial charge in [0.15, 0.2) is 0 Å². The number of hydrogen-bond donors (Lipinski definition) is 5. The standard InChI is InChI=1S/BHO3.K.Na.H4O4Si/c2-1(3)4;;;1-5(2,3)4/h2H;;;1-4H/q-2;2*+1;. The van der Waals surface area contributed by atoms with Gasteiger partial charge in [-0.1, -0.05) is 0 Å². The second kappa shape index (κ2) is 12.6. The van der Waals surface area contributed by atoms with Crippen LogP contribution in [0.3, 0.4) is 0 Å². The van der Waals surface area contributed by atoms with Crippen LogP contribution in [-0.4, -0.2) is 40.6 Å². The number of hydrogen-bond acceptors (Lipinski definition) is 7. The molecule has 0 aliphatic heterocycles. The van der Waals surface area contributed by atoms with E-state index in [4.69, 9.17) is 34.3 Å². The van der Waals surface area contributed by atoms with Crippen LogP contribution in [0.2, 0.25) is 0 Å². The van der Waals surface area contributed by atoms with Crippen LogP contribution < -0.4 is 91.0 Å². The Labute approximate surface area is 129 Å². The van der Waals surface area contributed by atoms with Crippen molar-refractivity contribution in [1.82, 2.24) is 0 Å². The van der Waals surface area contributed by atoms with Crippen molar-refractivity contribution in [1.29, 1.82) is 0 Å². The second-order valence-corrected chi connectivity index (χ2v) is 2.11. The van der Waals surface area contributed by atoms with Crippen LogP contribution in [0.4, 0.5) is 0 Å². The number of rotatable bonds is 0. The van der Waals surface area contributed by atoms with Crippen LogP contribution in [0.15, 0.2) is 0 Å². The smallest absolute Gasteiger partial charge is 0.871 e. The van der Waals surface area contributed by atoms with Gasteiger partial charge in [0.05, 0.1) is 7.32 Å². The van der Waals surface area contributed by atoms with E-state index >= 15 is 0 Å². The fourth-order valence-electron chi connectivity index (χ4n) is 0. The molecule has 0 saturated heterocycles. The third-order valence-corrected chi connectivity index (χ3v) is 0. The average Bonchev–Trinajstić information content (AvgIpc) is 1.19. The Hall–Kier alpha value is 2.64. The topological polar surface area (TPSA) is 147 Å². The molecule has 0 aromatic carbocycles. The largest absolute Gasteiger partial charge is 1.00 e. The summed E-state index contributed by atoms with van der Waals surface area (Å²) >= 11 is 0. The van der Waals surface area contributed by atoms with Gasteiger partial charge in [-0.05, 0) is 0 Å². The van der Waals surface area contributed by atoms with Crippen molar-refractivity contribution >= 4 is 16.4 Å². The maximum atomic E-state index is 8.53. The molecule has 0 fully saturated rings. The molecule has 56 valence electrons. The summed E-state index contributed by atoms with van der Waals surface area (Å²) in [5.74, 6) is 0. The van der Waals surface area contributed by atoms with Crippen LogP contribution in [0.5, 0.6) is 0 Å². The molecule has 0 aliphatic carbocycles. The summed E-state index contributed by atoms with van der Waals surface area (Å²) in [6, 6.07) is 0. The minimum atomic E-state index is -4.61. The van der Waals surface area contributed by atoms with E-state index in [-0.39, 0.29) is 80.9 Å². The van der Waals surface area contributed by atoms with Crippen molar-refractivity contribution in [2.24, 2.45) is 0 Å². The second-order valence-electron chi connectivity index (χ2n) is 0.907. The molecular formula is H5BKNaO7Si. The molecule has 0 rings (SSSR count). The Kier molecular flexibility index (Phi) is 26.9. The molecule has 0 atom stereocenters. The van der Waals surface area contributed by atoms with E-state index in [9.17, 15) is 0 Å². The van der Waals surface area contributed by atoms with Gasteiger partial charge in [0.1, 0.15) is 0 Å². The van der Waals surface area contributed by atoms with Gasteiger partial charge in [-0.3, -0.25) is 0 Å². The minimum Gasteiger partial charge on any atom is -0.871 e. The molecule has 0 amide bonds. The van der Waals surface area contributed by atoms with E-state index in [1.807, 2.05) is 0 Å². The quantitative estimate of drug-likeness (QED) is 0.253. The molecule has 11 heavy (non-hydrogen) atoms. The van der Waals surface area contributed by atoms with Crippen molar-refractivity contribution in [3.05, 3.63) is 0 Å². The first-order valence-electron chi connectivity index (χ1n) is 1.62. The van der Waals surface area contributed by atoms with Gasteiger partial charge in [0.2, 0.25) is 0 Å². The van der Waals surface area contributed by atoms with Crippen LogP contribution in [0, 0.1) is 0 Å². The van der Waals surface area contributed by atoms with Crippen LogP contribution >= 0.6 is 0 Å². The van der Waals surface area contributed by atoms with E-state index in [2.05, 4.69) is 0 Å². The van der Waals surface area contributed by atoms with Gasteiger partial charge in [0.25, 0.3) is 0 Å². The van der Waals surface area contributed by atoms with E-state index < -0.39 is 16.4 Å². The molecule has 0 spiro atoms. The third kappa shape index (κ3) is 205. The van der Waals surface area contributed by atoms with Gasteiger partial charge in [-0.25, -0.2) is 0 Å². The van der Waals surface area contributed by atoms with Crippen molar-refractivity contribution in [2.45, 2.75) is 0 Å². The molecule has 0 heterocycles. The summed E-state index contributed by atoms with van der Waals surface area (Å²) in [7, 11) is -7.28. The van der Waals surface area contributed by atoms with E-state index in [0.29, 0.717) is 0 Å². The molecule has 11 heteroatoms. The first-order chi connectivity index (χ1) is 3.73. The zero-order valence-corrected chi connectivity index (χ0v) is 12.3. The van der Waals surface area contributed by atoms with Gasteiger partial charge in [-0.15, -0.1) is 0 Å². The third-order valence-electron chi connectivity index (χ3n) is 0. The summed E-state index contributed by atoms with van der Waals surface area (Å²) in [6.45, 7) is 0. The van der Waals surface area contributed by atoms with E-state index in [0.717, 1.165) is 0 Å². The summed E-state index contributed by atoms with van der Waals surface area (Å²) in [4.78, 5) is 29.3. The molecule has 0 radical (unpaired) electrons. The Morgan fingerprint density at radius 3 is 1.00 bits per heavy atom. The molecule has 0 aromatic heterocycles. The van der Waals surface area contributed by atoms with Crippen molar-refractivity contribution in [3.63, 3.8) is 0 Å². The van der Waals surface area contributed by atoms with Crippen LogP contribution in [-0.2, 0) is 0 Å². The zero-order chi connectivity index (χ0) is 8.08. The zero-order valence-electron chi connectivity index (χ0n) is 6.13. The fraction of sp³-hybridized carbons (Fsp3) is 0. The Morgan fingerprint density at radius 1 is 1.00 bits per heavy atom. The fourth-order valence-corrected chi connectivity index (χ4v) is 0. The summed E-state index contributed by atoms with van der Waals surface area (Å²) in [5, 5.41) is 24.0. The average molecular weight is 218 g/mol. The predicted molar refractivity (Wildman–Crippen MR) is 22.6 cm³/mol. The van der Waals surface area contributed by atoms with E-state index in [1.165, 1.54) is 0 Å². The summed E-state index contributed by atoms with van der Waals surface area (Å²) in [6.07, 6.45) is 0. The molecule has 0 aliphatic rings. The van der Waals surface area contributed by atoms with Gasteiger partial charge < -0.3 is 34.3 Å². The minimum absolute atomic E-state index is 0. The van der Waals surface area contributed by atoms with Gasteiger partial charge >= 0.3 is 90.0 Å². The van der Waals surface area contributed by atoms with Gasteiger partial charge in [-0.2, -0.15) is 0 Å². The first kappa shape index (κ1) is 23.4.